The highest BCUT2D eigenvalue weighted by atomic mass is 79.9. The van der Waals surface area contributed by atoms with E-state index < -0.39 is 5.41 Å². The van der Waals surface area contributed by atoms with Crippen LogP contribution in [0.1, 0.15) is 22.3 Å². The number of fused-ring (bicyclic) bond motifs is 18. The largest absolute Gasteiger partial charge is 0.456 e. The average Bonchev–Trinajstić information content (AvgIpc) is 3.72. The number of benzene rings is 6. The second-order valence-corrected chi connectivity index (χ2v) is 11.7. The summed E-state index contributed by atoms with van der Waals surface area (Å²) in [6.45, 7) is 0. The van der Waals surface area contributed by atoms with Crippen molar-refractivity contribution in [1.82, 2.24) is 0 Å². The van der Waals surface area contributed by atoms with Gasteiger partial charge in [-0.05, 0) is 57.6 Å². The predicted octanol–water partition coefficient (Wildman–Crippen LogP) is 10.6. The third kappa shape index (κ3) is 2.27. The van der Waals surface area contributed by atoms with Crippen molar-refractivity contribution >= 4 is 59.8 Å². The van der Waals surface area contributed by atoms with Crippen LogP contribution in [0.3, 0.4) is 0 Å². The second-order valence-electron chi connectivity index (χ2n) is 10.9. The van der Waals surface area contributed by atoms with E-state index in [1.807, 2.05) is 12.1 Å². The van der Waals surface area contributed by atoms with Gasteiger partial charge < -0.3 is 8.83 Å². The fraction of sp³-hybridized carbons (Fsp3) is 0.0270. The lowest BCUT2D eigenvalue weighted by Gasteiger charge is -2.30. The van der Waals surface area contributed by atoms with Crippen molar-refractivity contribution < 1.29 is 8.83 Å². The first-order valence-corrected chi connectivity index (χ1v) is 14.3. The lowest BCUT2D eigenvalue weighted by atomic mass is 9.70. The summed E-state index contributed by atoms with van der Waals surface area (Å²) in [6.07, 6.45) is 0. The summed E-state index contributed by atoms with van der Waals surface area (Å²) in [4.78, 5) is 0. The van der Waals surface area contributed by atoms with Crippen molar-refractivity contribution in [1.29, 1.82) is 0 Å². The molecular formula is C37H19BrO2. The van der Waals surface area contributed by atoms with E-state index in [9.17, 15) is 0 Å². The van der Waals surface area contributed by atoms with E-state index in [1.54, 1.807) is 0 Å². The van der Waals surface area contributed by atoms with Crippen molar-refractivity contribution in [2.45, 2.75) is 5.41 Å². The highest BCUT2D eigenvalue weighted by molar-refractivity contribution is 9.10. The predicted molar refractivity (Wildman–Crippen MR) is 165 cm³/mol. The Balaban J connectivity index is 1.52. The molecule has 40 heavy (non-hydrogen) atoms. The fourth-order valence-electron chi connectivity index (χ4n) is 7.75. The number of furan rings is 2. The van der Waals surface area contributed by atoms with E-state index in [4.69, 9.17) is 8.83 Å². The molecule has 2 aliphatic rings. The molecule has 0 aliphatic heterocycles. The van der Waals surface area contributed by atoms with Gasteiger partial charge in [-0.15, -0.1) is 0 Å². The third-order valence-electron chi connectivity index (χ3n) is 9.16. The maximum atomic E-state index is 6.79. The average molecular weight is 575 g/mol. The van der Waals surface area contributed by atoms with E-state index >= 15 is 0 Å². The number of halogens is 1. The molecule has 2 aromatic heterocycles. The molecule has 0 radical (unpaired) electrons. The molecule has 8 aromatic rings. The van der Waals surface area contributed by atoms with Gasteiger partial charge in [0.25, 0.3) is 0 Å². The molecule has 6 aromatic carbocycles. The molecule has 1 spiro atoms. The maximum Gasteiger partial charge on any atom is 0.144 e. The molecule has 2 aliphatic carbocycles. The van der Waals surface area contributed by atoms with Crippen molar-refractivity contribution in [2.24, 2.45) is 0 Å². The van der Waals surface area contributed by atoms with Crippen LogP contribution < -0.4 is 0 Å². The van der Waals surface area contributed by atoms with Crippen LogP contribution in [0.15, 0.2) is 129 Å². The molecule has 3 heteroatoms. The highest BCUT2D eigenvalue weighted by Crippen LogP contribution is 2.66. The summed E-state index contributed by atoms with van der Waals surface area (Å²) in [5.74, 6) is 0. The Bertz CT molecular complexity index is 2360. The Kier molecular flexibility index (Phi) is 3.78. The van der Waals surface area contributed by atoms with Gasteiger partial charge >= 0.3 is 0 Å². The maximum absolute atomic E-state index is 6.79. The molecule has 0 unspecified atom stereocenters. The summed E-state index contributed by atoms with van der Waals surface area (Å²) in [5.41, 5.74) is 13.2. The Hall–Kier alpha value is -4.60. The number of rotatable bonds is 0. The minimum absolute atomic E-state index is 0.472. The van der Waals surface area contributed by atoms with E-state index in [0.29, 0.717) is 0 Å². The third-order valence-corrected chi connectivity index (χ3v) is 9.78. The van der Waals surface area contributed by atoms with Crippen LogP contribution in [0.4, 0.5) is 0 Å². The van der Waals surface area contributed by atoms with Gasteiger partial charge in [0.15, 0.2) is 0 Å². The summed E-state index contributed by atoms with van der Waals surface area (Å²) >= 11 is 4.01. The Morgan fingerprint density at radius 3 is 1.80 bits per heavy atom. The minimum Gasteiger partial charge on any atom is -0.456 e. The zero-order chi connectivity index (χ0) is 26.2. The number of hydrogen-bond donors (Lipinski definition) is 0. The highest BCUT2D eigenvalue weighted by Gasteiger charge is 2.53. The Morgan fingerprint density at radius 1 is 0.475 bits per heavy atom. The van der Waals surface area contributed by atoms with Crippen LogP contribution in [-0.2, 0) is 5.41 Å². The molecule has 0 bridgehead atoms. The van der Waals surface area contributed by atoms with E-state index in [1.165, 1.54) is 38.9 Å². The molecule has 0 saturated heterocycles. The molecule has 0 N–H and O–H groups in total. The van der Waals surface area contributed by atoms with E-state index in [2.05, 4.69) is 119 Å². The molecule has 2 nitrogen and oxygen atoms in total. The van der Waals surface area contributed by atoms with E-state index in [0.717, 1.165) is 53.9 Å². The van der Waals surface area contributed by atoms with Crippen LogP contribution in [0.25, 0.3) is 66.1 Å². The smallest absolute Gasteiger partial charge is 0.144 e. The van der Waals surface area contributed by atoms with Gasteiger partial charge in [0.05, 0.1) is 5.41 Å². The zero-order valence-corrected chi connectivity index (χ0v) is 22.8. The van der Waals surface area contributed by atoms with E-state index in [-0.39, 0.29) is 0 Å². The zero-order valence-electron chi connectivity index (χ0n) is 21.2. The van der Waals surface area contributed by atoms with Gasteiger partial charge in [0, 0.05) is 37.1 Å². The molecular weight excluding hydrogens is 556 g/mol. The van der Waals surface area contributed by atoms with Gasteiger partial charge in [-0.1, -0.05) is 107 Å². The number of hydrogen-bond acceptors (Lipinski definition) is 2. The van der Waals surface area contributed by atoms with Crippen molar-refractivity contribution in [3.8, 4) is 22.3 Å². The van der Waals surface area contributed by atoms with Gasteiger partial charge in [-0.2, -0.15) is 0 Å². The SMILES string of the molecule is Brc1cc2c(c3oc4ccccc4c13)-c1c(ccc3oc4ccccc4c13)C21c2ccccc2-c2ccccc21. The molecule has 0 saturated carbocycles. The first-order chi connectivity index (χ1) is 19.8. The molecule has 0 atom stereocenters. The van der Waals surface area contributed by atoms with Crippen molar-refractivity contribution in [2.75, 3.05) is 0 Å². The lowest BCUT2D eigenvalue weighted by Crippen LogP contribution is -2.25. The van der Waals surface area contributed by atoms with Gasteiger partial charge in [-0.25, -0.2) is 0 Å². The summed E-state index contributed by atoms with van der Waals surface area (Å²) < 4.78 is 14.3. The Morgan fingerprint density at radius 2 is 1.07 bits per heavy atom. The fourth-order valence-corrected chi connectivity index (χ4v) is 8.37. The van der Waals surface area contributed by atoms with Gasteiger partial charge in [0.1, 0.15) is 22.3 Å². The van der Waals surface area contributed by atoms with Gasteiger partial charge in [-0.3, -0.25) is 0 Å². The second kappa shape index (κ2) is 7.12. The standard InChI is InChI=1S/C37H19BrO2/c38-28-19-27-35(36-32(28)22-11-3-8-16-30(22)40-36)34-26(17-18-31-33(34)23-12-4-7-15-29(23)39-31)37(27)24-13-5-1-9-20(24)21-10-2-6-14-25(21)37/h1-19H. The van der Waals surface area contributed by atoms with Crippen LogP contribution in [-0.4, -0.2) is 0 Å². The molecule has 10 rings (SSSR count). The molecule has 2 heterocycles. The summed E-state index contributed by atoms with van der Waals surface area (Å²) in [6, 6.07) is 41.3. The normalized spacial score (nSPS) is 14.3. The molecule has 0 fully saturated rings. The quantitative estimate of drug-likeness (QED) is 0.180. The number of para-hydroxylation sites is 2. The first-order valence-electron chi connectivity index (χ1n) is 13.6. The van der Waals surface area contributed by atoms with Crippen LogP contribution in [0.5, 0.6) is 0 Å². The molecule has 186 valence electrons. The van der Waals surface area contributed by atoms with Crippen LogP contribution >= 0.6 is 15.9 Å². The monoisotopic (exact) mass is 574 g/mol. The van der Waals surface area contributed by atoms with Crippen LogP contribution in [0.2, 0.25) is 0 Å². The summed E-state index contributed by atoms with van der Waals surface area (Å²) in [5, 5.41) is 4.51. The Labute approximate surface area is 237 Å². The topological polar surface area (TPSA) is 26.3 Å². The first kappa shape index (κ1) is 21.2. The molecule has 0 amide bonds. The van der Waals surface area contributed by atoms with Crippen LogP contribution in [0, 0.1) is 0 Å². The lowest BCUT2D eigenvalue weighted by molar-refractivity contribution is 0.668. The van der Waals surface area contributed by atoms with Crippen molar-refractivity contribution in [3.05, 3.63) is 142 Å². The van der Waals surface area contributed by atoms with Crippen molar-refractivity contribution in [3.63, 3.8) is 0 Å². The van der Waals surface area contributed by atoms with Gasteiger partial charge in [0.2, 0.25) is 0 Å². The summed E-state index contributed by atoms with van der Waals surface area (Å²) in [7, 11) is 0. The minimum atomic E-state index is -0.472.